The lowest BCUT2D eigenvalue weighted by molar-refractivity contribution is 0.297. The summed E-state index contributed by atoms with van der Waals surface area (Å²) in [6.45, 7) is 1.22. The highest BCUT2D eigenvalue weighted by molar-refractivity contribution is 6.30. The molecule has 0 unspecified atom stereocenters. The molecule has 9 nitrogen and oxygen atoms in total. The largest absolute Gasteiger partial charge is 0.489 e. The summed E-state index contributed by atoms with van der Waals surface area (Å²) in [5.74, 6) is 2.26. The molecule has 0 bridgehead atoms. The summed E-state index contributed by atoms with van der Waals surface area (Å²) in [6.07, 6.45) is 2.13. The second-order valence-corrected chi connectivity index (χ2v) is 7.80. The van der Waals surface area contributed by atoms with Crippen molar-refractivity contribution in [2.45, 2.75) is 12.6 Å². The van der Waals surface area contributed by atoms with Crippen molar-refractivity contribution in [3.8, 4) is 22.8 Å². The number of nitrogens with two attached hydrogens (primary N) is 1. The third kappa shape index (κ3) is 2.97. The number of anilines is 1. The summed E-state index contributed by atoms with van der Waals surface area (Å²) in [6, 6.07) is 11.4. The third-order valence-corrected chi connectivity index (χ3v) is 5.64. The first-order chi connectivity index (χ1) is 15.2. The van der Waals surface area contributed by atoms with E-state index >= 15 is 0 Å². The standard InChI is InChI=1S/C21H18ClN7O2/c22-12-4-2-11(3-5-12)18-13(10-24-28-18)19-26-20(23)27-21-25-14-8-16-17(9-15(14)29(19)21)31-7-1-6-30-16/h2-5,8-10,19H,1,6-7H2,(H,24,28)(H3,23,25,26,27)/t19-/m1/s1. The summed E-state index contributed by atoms with van der Waals surface area (Å²) < 4.78 is 13.7. The number of nitrogens with one attached hydrogen (secondary N) is 2. The monoisotopic (exact) mass is 435 g/mol. The van der Waals surface area contributed by atoms with Crippen LogP contribution in [0.5, 0.6) is 11.5 Å². The number of H-pyrrole nitrogens is 1. The van der Waals surface area contributed by atoms with Gasteiger partial charge in [-0.25, -0.2) is 9.98 Å². The number of ether oxygens (including phenoxy) is 2. The molecule has 2 aliphatic heterocycles. The number of nitrogens with zero attached hydrogens (tertiary/aromatic N) is 4. The molecule has 10 heteroatoms. The molecular weight excluding hydrogens is 418 g/mol. The molecule has 2 aromatic carbocycles. The number of fused-ring (bicyclic) bond motifs is 4. The third-order valence-electron chi connectivity index (χ3n) is 5.38. The van der Waals surface area contributed by atoms with Crippen molar-refractivity contribution in [2.24, 2.45) is 10.7 Å². The zero-order valence-electron chi connectivity index (χ0n) is 16.3. The smallest absolute Gasteiger partial charge is 0.212 e. The predicted octanol–water partition coefficient (Wildman–Crippen LogP) is 3.53. The van der Waals surface area contributed by atoms with E-state index in [1.807, 2.05) is 41.0 Å². The quantitative estimate of drug-likeness (QED) is 0.443. The van der Waals surface area contributed by atoms with Crippen LogP contribution in [0.3, 0.4) is 0 Å². The summed E-state index contributed by atoms with van der Waals surface area (Å²) in [7, 11) is 0. The Kier molecular flexibility index (Phi) is 4.03. The number of guanidine groups is 1. The molecule has 4 aromatic rings. The van der Waals surface area contributed by atoms with E-state index in [0.29, 0.717) is 35.7 Å². The normalized spacial score (nSPS) is 17.6. The average Bonchev–Trinajstić information content (AvgIpc) is 3.30. The van der Waals surface area contributed by atoms with Gasteiger partial charge in [-0.05, 0) is 12.1 Å². The van der Waals surface area contributed by atoms with E-state index < -0.39 is 6.17 Å². The van der Waals surface area contributed by atoms with Gasteiger partial charge >= 0.3 is 0 Å². The molecule has 1 atom stereocenters. The Morgan fingerprint density at radius 1 is 1.10 bits per heavy atom. The number of halogens is 1. The van der Waals surface area contributed by atoms with Gasteiger partial charge in [-0.2, -0.15) is 5.10 Å². The van der Waals surface area contributed by atoms with Crippen LogP contribution in [0.25, 0.3) is 22.3 Å². The molecule has 31 heavy (non-hydrogen) atoms. The Morgan fingerprint density at radius 3 is 2.68 bits per heavy atom. The summed E-state index contributed by atoms with van der Waals surface area (Å²) >= 11 is 6.06. The van der Waals surface area contributed by atoms with Crippen LogP contribution in [0.2, 0.25) is 5.02 Å². The first-order valence-electron chi connectivity index (χ1n) is 9.88. The van der Waals surface area contributed by atoms with Crippen molar-refractivity contribution in [3.63, 3.8) is 0 Å². The molecule has 0 radical (unpaired) electrons. The van der Waals surface area contributed by atoms with E-state index in [-0.39, 0.29) is 5.96 Å². The van der Waals surface area contributed by atoms with E-state index in [0.717, 1.165) is 34.3 Å². The van der Waals surface area contributed by atoms with Crippen LogP contribution in [0.15, 0.2) is 47.6 Å². The summed E-state index contributed by atoms with van der Waals surface area (Å²) in [4.78, 5) is 9.39. The van der Waals surface area contributed by atoms with Gasteiger partial charge in [0.25, 0.3) is 0 Å². The van der Waals surface area contributed by atoms with Gasteiger partial charge in [-0.3, -0.25) is 15.0 Å². The molecular formula is C21H18ClN7O2. The molecule has 4 heterocycles. The van der Waals surface area contributed by atoms with E-state index in [2.05, 4.69) is 20.5 Å². The number of aromatic amines is 1. The van der Waals surface area contributed by atoms with E-state index in [9.17, 15) is 0 Å². The van der Waals surface area contributed by atoms with Crippen molar-refractivity contribution < 1.29 is 9.47 Å². The molecule has 6 rings (SSSR count). The Balaban J connectivity index is 1.53. The van der Waals surface area contributed by atoms with Gasteiger partial charge in [0.15, 0.2) is 23.6 Å². The molecule has 0 fully saturated rings. The summed E-state index contributed by atoms with van der Waals surface area (Å²) in [5, 5.41) is 11.1. The number of imidazole rings is 1. The second kappa shape index (κ2) is 6.92. The SMILES string of the molecule is NC1=N[C@@H](c2cn[nH]c2-c2ccc(Cl)cc2)n2c(nc3cc4c(cc32)OCCCO4)N1. The lowest BCUT2D eigenvalue weighted by Crippen LogP contribution is -2.31. The fourth-order valence-electron chi connectivity index (χ4n) is 3.97. The number of hydrogen-bond donors (Lipinski definition) is 3. The number of benzene rings is 2. The molecule has 4 N–H and O–H groups in total. The van der Waals surface area contributed by atoms with Crippen molar-refractivity contribution in [3.05, 3.63) is 53.2 Å². The fraction of sp³-hybridized carbons (Fsp3) is 0.190. The van der Waals surface area contributed by atoms with Crippen LogP contribution < -0.4 is 20.5 Å². The van der Waals surface area contributed by atoms with E-state index in [1.54, 1.807) is 6.20 Å². The zero-order chi connectivity index (χ0) is 20.9. The lowest BCUT2D eigenvalue weighted by atomic mass is 10.1. The molecule has 0 spiro atoms. The van der Waals surface area contributed by atoms with Gasteiger partial charge in [-0.1, -0.05) is 23.7 Å². The van der Waals surface area contributed by atoms with Crippen LogP contribution in [0, 0.1) is 0 Å². The Hall–Kier alpha value is -3.72. The number of aliphatic imine (C=N–C) groups is 1. The van der Waals surface area contributed by atoms with Gasteiger partial charge in [0, 0.05) is 34.7 Å². The van der Waals surface area contributed by atoms with Crippen molar-refractivity contribution in [1.29, 1.82) is 0 Å². The van der Waals surface area contributed by atoms with Gasteiger partial charge in [0.1, 0.15) is 0 Å². The van der Waals surface area contributed by atoms with E-state index in [4.69, 9.17) is 31.8 Å². The second-order valence-electron chi connectivity index (χ2n) is 7.36. The number of rotatable bonds is 2. The maximum Gasteiger partial charge on any atom is 0.212 e. The molecule has 0 amide bonds. The molecule has 0 saturated heterocycles. The lowest BCUT2D eigenvalue weighted by Gasteiger charge is -2.23. The van der Waals surface area contributed by atoms with Gasteiger partial charge in [0.05, 0.1) is 36.1 Å². The Bertz CT molecular complexity index is 1330. The Labute approximate surface area is 181 Å². The fourth-order valence-corrected chi connectivity index (χ4v) is 4.10. The van der Waals surface area contributed by atoms with Crippen LogP contribution >= 0.6 is 11.6 Å². The molecule has 0 saturated carbocycles. The average molecular weight is 436 g/mol. The van der Waals surface area contributed by atoms with Crippen molar-refractivity contribution in [1.82, 2.24) is 19.7 Å². The topological polar surface area (TPSA) is 115 Å². The Morgan fingerprint density at radius 2 is 1.87 bits per heavy atom. The van der Waals surface area contributed by atoms with Crippen LogP contribution in [0.1, 0.15) is 18.2 Å². The van der Waals surface area contributed by atoms with Crippen molar-refractivity contribution in [2.75, 3.05) is 18.5 Å². The number of hydrogen-bond acceptors (Lipinski definition) is 7. The minimum absolute atomic E-state index is 0.283. The minimum Gasteiger partial charge on any atom is -0.489 e. The first kappa shape index (κ1) is 18.1. The molecule has 2 aliphatic rings. The maximum absolute atomic E-state index is 6.11. The predicted molar refractivity (Wildman–Crippen MR) is 118 cm³/mol. The summed E-state index contributed by atoms with van der Waals surface area (Å²) in [5.41, 5.74) is 10.4. The van der Waals surface area contributed by atoms with Crippen molar-refractivity contribution >= 4 is 34.5 Å². The number of aromatic nitrogens is 4. The highest BCUT2D eigenvalue weighted by atomic mass is 35.5. The van der Waals surface area contributed by atoms with Crippen LogP contribution in [0.4, 0.5) is 5.95 Å². The zero-order valence-corrected chi connectivity index (χ0v) is 17.1. The molecule has 2 aromatic heterocycles. The molecule has 156 valence electrons. The van der Waals surface area contributed by atoms with Gasteiger partial charge in [0.2, 0.25) is 5.95 Å². The maximum atomic E-state index is 6.11. The molecule has 0 aliphatic carbocycles. The highest BCUT2D eigenvalue weighted by Gasteiger charge is 2.29. The van der Waals surface area contributed by atoms with Crippen LogP contribution in [-0.2, 0) is 0 Å². The first-order valence-corrected chi connectivity index (χ1v) is 10.3. The minimum atomic E-state index is -0.463. The van der Waals surface area contributed by atoms with E-state index in [1.165, 1.54) is 0 Å². The van der Waals surface area contributed by atoms with Gasteiger partial charge < -0.3 is 15.2 Å². The van der Waals surface area contributed by atoms with Gasteiger partial charge in [-0.15, -0.1) is 0 Å². The van der Waals surface area contributed by atoms with Crippen LogP contribution in [-0.4, -0.2) is 38.9 Å². The highest BCUT2D eigenvalue weighted by Crippen LogP contribution is 2.40.